The van der Waals surface area contributed by atoms with E-state index in [1.54, 1.807) is 12.1 Å². The van der Waals surface area contributed by atoms with E-state index >= 15 is 0 Å². The molecule has 2 saturated carbocycles. The largest absolute Gasteiger partial charge is 0.394 e. The number of anilines is 1. The molecule has 0 radical (unpaired) electrons. The fourth-order valence-electron chi connectivity index (χ4n) is 3.66. The summed E-state index contributed by atoms with van der Waals surface area (Å²) in [5.41, 5.74) is 0.236. The number of aliphatic hydroxyl groups excluding tert-OH is 1. The molecule has 0 spiro atoms. The Morgan fingerprint density at radius 1 is 1.35 bits per heavy atom. The van der Waals surface area contributed by atoms with Gasteiger partial charge in [0.1, 0.15) is 5.82 Å². The van der Waals surface area contributed by atoms with E-state index in [4.69, 9.17) is 0 Å². The fourth-order valence-corrected chi connectivity index (χ4v) is 3.66. The van der Waals surface area contributed by atoms with E-state index in [1.165, 1.54) is 18.9 Å². The van der Waals surface area contributed by atoms with Gasteiger partial charge >= 0.3 is 0 Å². The lowest BCUT2D eigenvalue weighted by Gasteiger charge is -2.38. The average molecular weight is 235 g/mol. The van der Waals surface area contributed by atoms with Crippen LogP contribution in [0.3, 0.4) is 0 Å². The molecule has 2 aliphatic rings. The topological polar surface area (TPSA) is 32.3 Å². The van der Waals surface area contributed by atoms with Crippen LogP contribution >= 0.6 is 0 Å². The zero-order valence-electron chi connectivity index (χ0n) is 9.82. The maximum atomic E-state index is 13.6. The molecule has 0 aromatic heterocycles. The van der Waals surface area contributed by atoms with Gasteiger partial charge in [-0.15, -0.1) is 0 Å². The first kappa shape index (κ1) is 11.0. The van der Waals surface area contributed by atoms with Gasteiger partial charge in [0.2, 0.25) is 0 Å². The molecule has 0 heterocycles. The molecule has 3 heteroatoms. The minimum Gasteiger partial charge on any atom is -0.394 e. The fraction of sp³-hybridized carbons (Fsp3) is 0.571. The van der Waals surface area contributed by atoms with Crippen molar-refractivity contribution in [3.05, 3.63) is 30.1 Å². The summed E-state index contributed by atoms with van der Waals surface area (Å²) in [6.07, 6.45) is 4.59. The zero-order valence-corrected chi connectivity index (χ0v) is 9.82. The third-order valence-corrected chi connectivity index (χ3v) is 4.52. The van der Waals surface area contributed by atoms with Gasteiger partial charge in [-0.1, -0.05) is 12.1 Å². The Morgan fingerprint density at radius 2 is 2.18 bits per heavy atom. The van der Waals surface area contributed by atoms with Crippen LogP contribution < -0.4 is 5.32 Å². The maximum Gasteiger partial charge on any atom is 0.146 e. The molecule has 92 valence electrons. The molecule has 2 N–H and O–H groups in total. The maximum absolute atomic E-state index is 13.6. The van der Waals surface area contributed by atoms with Crippen LogP contribution in [0.15, 0.2) is 24.3 Å². The molecule has 1 aromatic rings. The number of para-hydroxylation sites is 1. The third-order valence-electron chi connectivity index (χ3n) is 4.52. The van der Waals surface area contributed by atoms with Gasteiger partial charge in [-0.3, -0.25) is 0 Å². The van der Waals surface area contributed by atoms with Gasteiger partial charge in [-0.25, -0.2) is 4.39 Å². The van der Waals surface area contributed by atoms with Crippen LogP contribution in [0.5, 0.6) is 0 Å². The van der Waals surface area contributed by atoms with E-state index < -0.39 is 0 Å². The van der Waals surface area contributed by atoms with Crippen LogP contribution in [-0.4, -0.2) is 17.3 Å². The van der Waals surface area contributed by atoms with Gasteiger partial charge < -0.3 is 10.4 Å². The summed E-state index contributed by atoms with van der Waals surface area (Å²) >= 11 is 0. The van der Waals surface area contributed by atoms with Crippen LogP contribution in [0.4, 0.5) is 10.1 Å². The molecule has 2 bridgehead atoms. The van der Waals surface area contributed by atoms with Gasteiger partial charge in [0, 0.05) is 0 Å². The molecule has 2 aliphatic carbocycles. The first-order valence-electron chi connectivity index (χ1n) is 6.37. The van der Waals surface area contributed by atoms with E-state index in [-0.39, 0.29) is 18.0 Å². The van der Waals surface area contributed by atoms with Crippen molar-refractivity contribution >= 4 is 5.69 Å². The number of fused-ring (bicyclic) bond motifs is 2. The lowest BCUT2D eigenvalue weighted by Crippen LogP contribution is -2.47. The van der Waals surface area contributed by atoms with Crippen molar-refractivity contribution in [2.24, 2.45) is 11.8 Å². The monoisotopic (exact) mass is 235 g/mol. The van der Waals surface area contributed by atoms with Crippen molar-refractivity contribution in [2.45, 2.75) is 31.2 Å². The number of hydrogen-bond donors (Lipinski definition) is 2. The Morgan fingerprint density at radius 3 is 2.76 bits per heavy atom. The highest BCUT2D eigenvalue weighted by Gasteiger charge is 2.50. The van der Waals surface area contributed by atoms with Crippen LogP contribution in [0, 0.1) is 17.7 Å². The standard InChI is InChI=1S/C14H18FNO/c15-12-3-1-2-4-13(12)16-14(9-17)8-10-5-6-11(14)7-10/h1-4,10-11,16-17H,5-9H2. The highest BCUT2D eigenvalue weighted by molar-refractivity contribution is 5.48. The van der Waals surface area contributed by atoms with Crippen molar-refractivity contribution in [1.82, 2.24) is 0 Å². The highest BCUT2D eigenvalue weighted by atomic mass is 19.1. The van der Waals surface area contributed by atoms with E-state index in [1.807, 2.05) is 6.07 Å². The van der Waals surface area contributed by atoms with E-state index in [9.17, 15) is 9.50 Å². The number of rotatable bonds is 3. The molecule has 0 aliphatic heterocycles. The van der Waals surface area contributed by atoms with Crippen molar-refractivity contribution in [1.29, 1.82) is 0 Å². The highest BCUT2D eigenvalue weighted by Crippen LogP contribution is 2.51. The second-order valence-corrected chi connectivity index (χ2v) is 5.50. The predicted octanol–water partition coefficient (Wildman–Crippen LogP) is 2.79. The average Bonchev–Trinajstić information content (AvgIpc) is 2.93. The van der Waals surface area contributed by atoms with E-state index in [0.717, 1.165) is 12.8 Å². The first-order chi connectivity index (χ1) is 8.23. The second-order valence-electron chi connectivity index (χ2n) is 5.50. The predicted molar refractivity (Wildman–Crippen MR) is 65.3 cm³/mol. The van der Waals surface area contributed by atoms with Crippen molar-refractivity contribution < 1.29 is 9.50 Å². The van der Waals surface area contributed by atoms with Gasteiger partial charge in [0.15, 0.2) is 0 Å². The summed E-state index contributed by atoms with van der Waals surface area (Å²) in [5, 5.41) is 13.0. The van der Waals surface area contributed by atoms with Crippen LogP contribution in [0.2, 0.25) is 0 Å². The van der Waals surface area contributed by atoms with Gasteiger partial charge in [0.25, 0.3) is 0 Å². The van der Waals surface area contributed by atoms with Gasteiger partial charge in [-0.2, -0.15) is 0 Å². The lowest BCUT2D eigenvalue weighted by atomic mass is 9.81. The quantitative estimate of drug-likeness (QED) is 0.844. The molecule has 2 fully saturated rings. The SMILES string of the molecule is OCC1(Nc2ccccc2F)CC2CCC1C2. The Hall–Kier alpha value is -1.09. The third kappa shape index (κ3) is 1.73. The molecule has 1 aromatic carbocycles. The summed E-state index contributed by atoms with van der Waals surface area (Å²) in [6.45, 7) is 0.0997. The smallest absolute Gasteiger partial charge is 0.146 e. The normalized spacial score (nSPS) is 35.2. The zero-order chi connectivity index (χ0) is 11.9. The Balaban J connectivity index is 1.86. The van der Waals surface area contributed by atoms with Crippen molar-refractivity contribution in [3.63, 3.8) is 0 Å². The number of aliphatic hydroxyl groups is 1. The summed E-state index contributed by atoms with van der Waals surface area (Å²) in [7, 11) is 0. The summed E-state index contributed by atoms with van der Waals surface area (Å²) in [5.74, 6) is 0.978. The van der Waals surface area contributed by atoms with E-state index in [2.05, 4.69) is 5.32 Å². The molecule has 0 saturated heterocycles. The molecule has 17 heavy (non-hydrogen) atoms. The molecule has 0 amide bonds. The van der Waals surface area contributed by atoms with Crippen LogP contribution in [-0.2, 0) is 0 Å². The van der Waals surface area contributed by atoms with Gasteiger partial charge in [-0.05, 0) is 49.7 Å². The van der Waals surface area contributed by atoms with Crippen molar-refractivity contribution in [3.8, 4) is 0 Å². The molecule has 3 atom stereocenters. The van der Waals surface area contributed by atoms with Crippen LogP contribution in [0.25, 0.3) is 0 Å². The summed E-state index contributed by atoms with van der Waals surface area (Å²) < 4.78 is 13.6. The molecule has 3 rings (SSSR count). The molecular formula is C14H18FNO. The number of benzene rings is 1. The van der Waals surface area contributed by atoms with Crippen molar-refractivity contribution in [2.75, 3.05) is 11.9 Å². The molecule has 3 unspecified atom stereocenters. The Bertz CT molecular complexity index is 422. The van der Waals surface area contributed by atoms with E-state index in [0.29, 0.717) is 17.5 Å². The Labute approximate surface area is 101 Å². The first-order valence-corrected chi connectivity index (χ1v) is 6.37. The summed E-state index contributed by atoms with van der Waals surface area (Å²) in [4.78, 5) is 0. The second kappa shape index (κ2) is 3.98. The number of hydrogen-bond acceptors (Lipinski definition) is 2. The number of nitrogens with one attached hydrogen (secondary N) is 1. The Kier molecular flexibility index (Phi) is 2.58. The minimum atomic E-state index is -0.287. The van der Waals surface area contributed by atoms with Gasteiger partial charge in [0.05, 0.1) is 17.8 Å². The number of halogens is 1. The molecule has 2 nitrogen and oxygen atoms in total. The summed E-state index contributed by atoms with van der Waals surface area (Å²) in [6, 6.07) is 6.72. The minimum absolute atomic E-state index is 0.0997. The lowest BCUT2D eigenvalue weighted by molar-refractivity contribution is 0.159. The van der Waals surface area contributed by atoms with Crippen LogP contribution in [0.1, 0.15) is 25.7 Å². The molecular weight excluding hydrogens is 217 g/mol.